The van der Waals surface area contributed by atoms with E-state index in [1.54, 1.807) is 0 Å². The Labute approximate surface area is 98.5 Å². The molecule has 0 aliphatic carbocycles. The minimum atomic E-state index is 0.614. The van der Waals surface area contributed by atoms with Gasteiger partial charge in [-0.25, -0.2) is 4.98 Å². The molecule has 0 fully saturated rings. The average Bonchev–Trinajstić information content (AvgIpc) is 2.77. The Balaban J connectivity index is 1.72. The molecule has 1 N–H and O–H groups in total. The van der Waals surface area contributed by atoms with Crippen molar-refractivity contribution >= 4 is 16.7 Å². The van der Waals surface area contributed by atoms with Gasteiger partial charge in [0.05, 0.1) is 6.54 Å². The first-order valence-electron chi connectivity index (χ1n) is 5.04. The van der Waals surface area contributed by atoms with Gasteiger partial charge in [-0.15, -0.1) is 0 Å². The van der Waals surface area contributed by atoms with Gasteiger partial charge < -0.3 is 10.1 Å². The van der Waals surface area contributed by atoms with Gasteiger partial charge in [0.25, 0.3) is 0 Å². The number of hydrogen-bond acceptors (Lipinski definition) is 5. The number of aromatic nitrogens is 2. The Morgan fingerprint density at radius 1 is 1.44 bits per heavy atom. The van der Waals surface area contributed by atoms with Crippen molar-refractivity contribution in [3.63, 3.8) is 0 Å². The molecule has 1 heterocycles. The van der Waals surface area contributed by atoms with Gasteiger partial charge in [0, 0.05) is 11.5 Å². The molecule has 0 atom stereocenters. The van der Waals surface area contributed by atoms with Crippen LogP contribution in [0.25, 0.3) is 0 Å². The second kappa shape index (κ2) is 5.46. The van der Waals surface area contributed by atoms with Crippen LogP contribution in [0.4, 0.5) is 5.13 Å². The van der Waals surface area contributed by atoms with Crippen LogP contribution in [-0.2, 0) is 0 Å². The van der Waals surface area contributed by atoms with Gasteiger partial charge in [0.1, 0.15) is 18.7 Å². The monoisotopic (exact) mass is 235 g/mol. The lowest BCUT2D eigenvalue weighted by atomic mass is 10.2. The molecule has 0 bridgehead atoms. The first-order chi connectivity index (χ1) is 7.84. The van der Waals surface area contributed by atoms with E-state index in [2.05, 4.69) is 14.7 Å². The van der Waals surface area contributed by atoms with Crippen LogP contribution in [0.5, 0.6) is 5.75 Å². The van der Waals surface area contributed by atoms with Gasteiger partial charge in [-0.3, -0.25) is 0 Å². The van der Waals surface area contributed by atoms with Gasteiger partial charge >= 0.3 is 0 Å². The van der Waals surface area contributed by atoms with Crippen LogP contribution in [0.2, 0.25) is 0 Å². The molecule has 0 saturated carbocycles. The minimum Gasteiger partial charge on any atom is -0.492 e. The third kappa shape index (κ3) is 3.20. The van der Waals surface area contributed by atoms with Gasteiger partial charge in [0.2, 0.25) is 5.13 Å². The Morgan fingerprint density at radius 2 is 2.38 bits per heavy atom. The number of nitrogens with one attached hydrogen (secondary N) is 1. The molecule has 0 aliphatic heterocycles. The zero-order valence-electron chi connectivity index (χ0n) is 9.01. The van der Waals surface area contributed by atoms with Crippen LogP contribution in [0.1, 0.15) is 5.56 Å². The smallest absolute Gasteiger partial charge is 0.202 e. The molecule has 0 saturated heterocycles. The summed E-state index contributed by atoms with van der Waals surface area (Å²) in [6, 6.07) is 8.01. The van der Waals surface area contributed by atoms with Crippen LogP contribution < -0.4 is 10.1 Å². The first-order valence-corrected chi connectivity index (χ1v) is 5.82. The summed E-state index contributed by atoms with van der Waals surface area (Å²) in [5.41, 5.74) is 1.20. The predicted molar refractivity (Wildman–Crippen MR) is 65.1 cm³/mol. The topological polar surface area (TPSA) is 47.0 Å². The summed E-state index contributed by atoms with van der Waals surface area (Å²) >= 11 is 1.34. The second-order valence-electron chi connectivity index (χ2n) is 3.34. The fourth-order valence-electron chi connectivity index (χ4n) is 1.28. The molecule has 16 heavy (non-hydrogen) atoms. The normalized spacial score (nSPS) is 10.1. The first kappa shape index (κ1) is 10.9. The molecule has 4 nitrogen and oxygen atoms in total. The number of ether oxygens (including phenoxy) is 1. The fraction of sp³-hybridized carbons (Fsp3) is 0.273. The lowest BCUT2D eigenvalue weighted by Gasteiger charge is -2.06. The number of benzene rings is 1. The van der Waals surface area contributed by atoms with Crippen molar-refractivity contribution in [1.82, 2.24) is 9.36 Å². The van der Waals surface area contributed by atoms with Crippen LogP contribution in [0.3, 0.4) is 0 Å². The van der Waals surface area contributed by atoms with E-state index < -0.39 is 0 Å². The molecular formula is C11H13N3OS. The zero-order chi connectivity index (χ0) is 11.2. The van der Waals surface area contributed by atoms with Crippen molar-refractivity contribution in [3.05, 3.63) is 36.2 Å². The molecule has 0 radical (unpaired) electrons. The van der Waals surface area contributed by atoms with Gasteiger partial charge in [-0.2, -0.15) is 4.37 Å². The Kier molecular flexibility index (Phi) is 3.71. The van der Waals surface area contributed by atoms with E-state index in [4.69, 9.17) is 4.74 Å². The quantitative estimate of drug-likeness (QED) is 0.808. The maximum absolute atomic E-state index is 5.58. The van der Waals surface area contributed by atoms with Crippen LogP contribution >= 0.6 is 11.5 Å². The standard InChI is InChI=1S/C11H13N3OS/c1-9-3-2-4-10(7-9)15-6-5-12-11-13-8-14-16-11/h2-4,7-8H,5-6H2,1H3,(H,12,13,14). The molecule has 0 spiro atoms. The SMILES string of the molecule is Cc1cccc(OCCNc2ncns2)c1. The summed E-state index contributed by atoms with van der Waals surface area (Å²) in [6.45, 7) is 3.39. The summed E-state index contributed by atoms with van der Waals surface area (Å²) in [6.07, 6.45) is 1.54. The third-order valence-corrected chi connectivity index (χ3v) is 2.62. The molecule has 5 heteroatoms. The molecular weight excluding hydrogens is 222 g/mol. The summed E-state index contributed by atoms with van der Waals surface area (Å²) in [5.74, 6) is 0.902. The molecule has 0 amide bonds. The van der Waals surface area contributed by atoms with E-state index in [-0.39, 0.29) is 0 Å². The van der Waals surface area contributed by atoms with E-state index in [1.807, 2.05) is 31.2 Å². The zero-order valence-corrected chi connectivity index (χ0v) is 9.83. The lowest BCUT2D eigenvalue weighted by Crippen LogP contribution is -2.11. The molecule has 84 valence electrons. The molecule has 0 aliphatic rings. The van der Waals surface area contributed by atoms with E-state index >= 15 is 0 Å². The number of rotatable bonds is 5. The van der Waals surface area contributed by atoms with Crippen molar-refractivity contribution in [2.75, 3.05) is 18.5 Å². The van der Waals surface area contributed by atoms with Crippen molar-refractivity contribution in [2.45, 2.75) is 6.92 Å². The summed E-state index contributed by atoms with van der Waals surface area (Å²) in [7, 11) is 0. The predicted octanol–water partition coefficient (Wildman–Crippen LogP) is 2.34. The average molecular weight is 235 g/mol. The molecule has 0 unspecified atom stereocenters. The van der Waals surface area contributed by atoms with Crippen LogP contribution in [0, 0.1) is 6.92 Å². The highest BCUT2D eigenvalue weighted by atomic mass is 32.1. The van der Waals surface area contributed by atoms with Gasteiger partial charge in [0.15, 0.2) is 0 Å². The number of anilines is 1. The molecule has 1 aromatic carbocycles. The number of aryl methyl sites for hydroxylation is 1. The molecule has 1 aromatic heterocycles. The van der Waals surface area contributed by atoms with Gasteiger partial charge in [-0.1, -0.05) is 12.1 Å². The Hall–Kier alpha value is -1.62. The molecule has 2 aromatic rings. The van der Waals surface area contributed by atoms with Crippen LogP contribution in [-0.4, -0.2) is 22.5 Å². The summed E-state index contributed by atoms with van der Waals surface area (Å²) in [5, 5.41) is 3.96. The maximum atomic E-state index is 5.58. The molecule has 2 rings (SSSR count). The summed E-state index contributed by atoms with van der Waals surface area (Å²) < 4.78 is 9.48. The van der Waals surface area contributed by atoms with Crippen molar-refractivity contribution in [1.29, 1.82) is 0 Å². The van der Waals surface area contributed by atoms with Crippen molar-refractivity contribution in [3.8, 4) is 5.75 Å². The van der Waals surface area contributed by atoms with Crippen molar-refractivity contribution < 1.29 is 4.74 Å². The van der Waals surface area contributed by atoms with Crippen molar-refractivity contribution in [2.24, 2.45) is 0 Å². The highest BCUT2D eigenvalue weighted by Gasteiger charge is 1.96. The Bertz CT molecular complexity index is 431. The van der Waals surface area contributed by atoms with Gasteiger partial charge in [-0.05, 0) is 24.6 Å². The van der Waals surface area contributed by atoms with Crippen LogP contribution in [0.15, 0.2) is 30.6 Å². The van der Waals surface area contributed by atoms with E-state index in [9.17, 15) is 0 Å². The number of hydrogen-bond donors (Lipinski definition) is 1. The fourth-order valence-corrected chi connectivity index (χ4v) is 1.74. The van der Waals surface area contributed by atoms with E-state index in [1.165, 1.54) is 23.4 Å². The Morgan fingerprint density at radius 3 is 3.12 bits per heavy atom. The largest absolute Gasteiger partial charge is 0.492 e. The lowest BCUT2D eigenvalue weighted by molar-refractivity contribution is 0.332. The second-order valence-corrected chi connectivity index (χ2v) is 4.12. The maximum Gasteiger partial charge on any atom is 0.202 e. The number of nitrogens with zero attached hydrogens (tertiary/aromatic N) is 2. The third-order valence-electron chi connectivity index (χ3n) is 2.00. The van der Waals surface area contributed by atoms with E-state index in [0.29, 0.717) is 6.61 Å². The van der Waals surface area contributed by atoms with E-state index in [0.717, 1.165) is 17.4 Å². The summed E-state index contributed by atoms with van der Waals surface area (Å²) in [4.78, 5) is 4.02. The highest BCUT2D eigenvalue weighted by molar-refractivity contribution is 7.09. The minimum absolute atomic E-state index is 0.614. The highest BCUT2D eigenvalue weighted by Crippen LogP contribution is 2.12.